The molecule has 1 heterocycles. The van der Waals surface area contributed by atoms with Crippen LogP contribution >= 0.6 is 24.0 Å². The van der Waals surface area contributed by atoms with E-state index < -0.39 is 6.10 Å². The molecule has 0 radical (unpaired) electrons. The average Bonchev–Trinajstić information content (AvgIpc) is 3.04. The van der Waals surface area contributed by atoms with E-state index in [2.05, 4.69) is 15.6 Å². The van der Waals surface area contributed by atoms with Crippen molar-refractivity contribution in [2.75, 3.05) is 13.1 Å². The average molecular weight is 433 g/mol. The van der Waals surface area contributed by atoms with E-state index in [4.69, 9.17) is 4.42 Å². The predicted octanol–water partition coefficient (Wildman–Crippen LogP) is 2.83. The molecule has 0 fully saturated rings. The van der Waals surface area contributed by atoms with Gasteiger partial charge in [-0.1, -0.05) is 12.1 Å². The van der Waals surface area contributed by atoms with Gasteiger partial charge in [0.25, 0.3) is 0 Å². The molecule has 1 atom stereocenters. The number of nitrogens with zero attached hydrogens (tertiary/aromatic N) is 1. The molecule has 0 amide bonds. The first-order chi connectivity index (χ1) is 10.7. The van der Waals surface area contributed by atoms with Crippen LogP contribution in [0.3, 0.4) is 0 Å². The van der Waals surface area contributed by atoms with Gasteiger partial charge in [-0.05, 0) is 36.8 Å². The van der Waals surface area contributed by atoms with Crippen molar-refractivity contribution >= 4 is 29.9 Å². The molecule has 126 valence electrons. The summed E-state index contributed by atoms with van der Waals surface area (Å²) in [4.78, 5) is 4.36. The SMILES string of the molecule is CCNC(=NCc1cccc(F)c1)NCC(O)c1ccco1.I. The van der Waals surface area contributed by atoms with Gasteiger partial charge in [0.1, 0.15) is 17.7 Å². The van der Waals surface area contributed by atoms with E-state index in [0.717, 1.165) is 5.56 Å². The van der Waals surface area contributed by atoms with E-state index in [0.29, 0.717) is 24.8 Å². The lowest BCUT2D eigenvalue weighted by molar-refractivity contribution is 0.153. The number of furan rings is 1. The first-order valence-electron chi connectivity index (χ1n) is 7.17. The highest BCUT2D eigenvalue weighted by molar-refractivity contribution is 14.0. The van der Waals surface area contributed by atoms with Gasteiger partial charge in [-0.15, -0.1) is 24.0 Å². The summed E-state index contributed by atoms with van der Waals surface area (Å²) in [5.74, 6) is 0.768. The van der Waals surface area contributed by atoms with Gasteiger partial charge in [-0.2, -0.15) is 0 Å². The van der Waals surface area contributed by atoms with Crippen LogP contribution in [-0.2, 0) is 6.54 Å². The zero-order valence-electron chi connectivity index (χ0n) is 12.8. The summed E-state index contributed by atoms with van der Waals surface area (Å²) in [5.41, 5.74) is 0.781. The number of nitrogens with one attached hydrogen (secondary N) is 2. The van der Waals surface area contributed by atoms with Crippen molar-refractivity contribution in [2.45, 2.75) is 19.6 Å². The standard InChI is InChI=1S/C16H20FN3O2.HI/c1-2-18-16(19-10-12-5-3-6-13(17)9-12)20-11-14(21)15-7-4-8-22-15;/h3-9,14,21H,2,10-11H2,1H3,(H2,18,19,20);1H. The first-order valence-corrected chi connectivity index (χ1v) is 7.17. The van der Waals surface area contributed by atoms with Crippen LogP contribution in [0.5, 0.6) is 0 Å². The van der Waals surface area contributed by atoms with Crippen LogP contribution in [0.15, 0.2) is 52.1 Å². The minimum absolute atomic E-state index is 0. The molecular formula is C16H21FIN3O2. The first kappa shape index (κ1) is 19.4. The summed E-state index contributed by atoms with van der Waals surface area (Å²) in [5, 5.41) is 16.1. The Bertz CT molecular complexity index is 605. The monoisotopic (exact) mass is 433 g/mol. The number of aliphatic imine (C=N–C) groups is 1. The van der Waals surface area contributed by atoms with Crippen LogP contribution in [0.4, 0.5) is 4.39 Å². The summed E-state index contributed by atoms with van der Waals surface area (Å²) in [6.07, 6.45) is 0.759. The number of guanidine groups is 1. The van der Waals surface area contributed by atoms with Crippen LogP contribution in [0, 0.1) is 5.82 Å². The van der Waals surface area contributed by atoms with Gasteiger partial charge in [-0.3, -0.25) is 0 Å². The van der Waals surface area contributed by atoms with Gasteiger partial charge in [0.2, 0.25) is 0 Å². The van der Waals surface area contributed by atoms with Gasteiger partial charge in [0.05, 0.1) is 19.4 Å². The van der Waals surface area contributed by atoms with Crippen LogP contribution in [0.1, 0.15) is 24.4 Å². The molecule has 3 N–H and O–H groups in total. The number of hydrogen-bond donors (Lipinski definition) is 3. The van der Waals surface area contributed by atoms with Crippen LogP contribution in [-0.4, -0.2) is 24.2 Å². The summed E-state index contributed by atoms with van der Waals surface area (Å²) in [7, 11) is 0. The summed E-state index contributed by atoms with van der Waals surface area (Å²) in [6, 6.07) is 9.75. The van der Waals surface area contributed by atoms with E-state index in [9.17, 15) is 9.50 Å². The van der Waals surface area contributed by atoms with E-state index >= 15 is 0 Å². The number of hydrogen-bond acceptors (Lipinski definition) is 3. The van der Waals surface area contributed by atoms with Crippen molar-refractivity contribution in [1.82, 2.24) is 10.6 Å². The van der Waals surface area contributed by atoms with E-state index in [-0.39, 0.29) is 36.3 Å². The third-order valence-corrected chi connectivity index (χ3v) is 2.99. The maximum Gasteiger partial charge on any atom is 0.191 e. The molecule has 0 spiro atoms. The highest BCUT2D eigenvalue weighted by Gasteiger charge is 2.10. The second-order valence-corrected chi connectivity index (χ2v) is 4.74. The lowest BCUT2D eigenvalue weighted by Crippen LogP contribution is -2.39. The van der Waals surface area contributed by atoms with Crippen molar-refractivity contribution in [3.05, 3.63) is 59.8 Å². The molecule has 23 heavy (non-hydrogen) atoms. The molecule has 5 nitrogen and oxygen atoms in total. The fourth-order valence-electron chi connectivity index (χ4n) is 1.92. The molecule has 0 saturated heterocycles. The molecule has 2 rings (SSSR count). The number of halogens is 2. The smallest absolute Gasteiger partial charge is 0.191 e. The Balaban J connectivity index is 0.00000264. The zero-order valence-corrected chi connectivity index (χ0v) is 15.2. The molecular weight excluding hydrogens is 412 g/mol. The Morgan fingerprint density at radius 2 is 2.13 bits per heavy atom. The molecule has 0 bridgehead atoms. The van der Waals surface area contributed by atoms with E-state index in [1.165, 1.54) is 18.4 Å². The highest BCUT2D eigenvalue weighted by atomic mass is 127. The molecule has 2 aromatic rings. The lowest BCUT2D eigenvalue weighted by Gasteiger charge is -2.14. The quantitative estimate of drug-likeness (QED) is 0.373. The number of benzene rings is 1. The van der Waals surface area contributed by atoms with Crippen molar-refractivity contribution in [1.29, 1.82) is 0 Å². The van der Waals surface area contributed by atoms with E-state index in [1.807, 2.05) is 13.0 Å². The number of rotatable bonds is 6. The maximum absolute atomic E-state index is 13.1. The normalized spacial score (nSPS) is 12.4. The van der Waals surface area contributed by atoms with Gasteiger partial charge in [-0.25, -0.2) is 9.38 Å². The Hall–Kier alpha value is -1.61. The van der Waals surface area contributed by atoms with Gasteiger partial charge < -0.3 is 20.2 Å². The van der Waals surface area contributed by atoms with E-state index in [1.54, 1.807) is 18.2 Å². The number of aliphatic hydroxyl groups is 1. The Morgan fingerprint density at radius 3 is 2.78 bits per heavy atom. The Kier molecular flexibility index (Phi) is 8.64. The molecule has 7 heteroatoms. The minimum Gasteiger partial charge on any atom is -0.467 e. The fraction of sp³-hybridized carbons (Fsp3) is 0.312. The molecule has 1 aromatic heterocycles. The van der Waals surface area contributed by atoms with Crippen LogP contribution in [0.25, 0.3) is 0 Å². The van der Waals surface area contributed by atoms with Gasteiger partial charge in [0.15, 0.2) is 5.96 Å². The Labute approximate surface area is 152 Å². The lowest BCUT2D eigenvalue weighted by atomic mass is 10.2. The topological polar surface area (TPSA) is 69.8 Å². The molecule has 0 saturated carbocycles. The largest absolute Gasteiger partial charge is 0.467 e. The van der Waals surface area contributed by atoms with Gasteiger partial charge >= 0.3 is 0 Å². The molecule has 1 unspecified atom stereocenters. The fourth-order valence-corrected chi connectivity index (χ4v) is 1.92. The maximum atomic E-state index is 13.1. The molecule has 0 aliphatic rings. The summed E-state index contributed by atoms with van der Waals surface area (Å²) in [6.45, 7) is 3.25. The number of aliphatic hydroxyl groups excluding tert-OH is 1. The zero-order chi connectivity index (χ0) is 15.8. The van der Waals surface area contributed by atoms with Crippen LogP contribution in [0.2, 0.25) is 0 Å². The summed E-state index contributed by atoms with van der Waals surface area (Å²) < 4.78 is 18.3. The predicted molar refractivity (Wildman–Crippen MR) is 98.3 cm³/mol. The second-order valence-electron chi connectivity index (χ2n) is 4.74. The Morgan fingerprint density at radius 1 is 1.30 bits per heavy atom. The van der Waals surface area contributed by atoms with Gasteiger partial charge in [0, 0.05) is 6.54 Å². The van der Waals surface area contributed by atoms with Crippen LogP contribution < -0.4 is 10.6 Å². The second kappa shape index (κ2) is 10.2. The molecule has 0 aliphatic carbocycles. The van der Waals surface area contributed by atoms with Crippen molar-refractivity contribution < 1.29 is 13.9 Å². The third-order valence-electron chi connectivity index (χ3n) is 2.99. The molecule has 1 aromatic carbocycles. The van der Waals surface area contributed by atoms with Crippen molar-refractivity contribution in [3.63, 3.8) is 0 Å². The third kappa shape index (κ3) is 6.57. The molecule has 0 aliphatic heterocycles. The van der Waals surface area contributed by atoms with Crippen molar-refractivity contribution in [2.24, 2.45) is 4.99 Å². The van der Waals surface area contributed by atoms with Crippen molar-refractivity contribution in [3.8, 4) is 0 Å². The summed E-state index contributed by atoms with van der Waals surface area (Å²) >= 11 is 0. The highest BCUT2D eigenvalue weighted by Crippen LogP contribution is 2.11. The minimum atomic E-state index is -0.756.